The van der Waals surface area contributed by atoms with Gasteiger partial charge in [0.25, 0.3) is 0 Å². The minimum absolute atomic E-state index is 0.0544. The van der Waals surface area contributed by atoms with Gasteiger partial charge in [0.15, 0.2) is 0 Å². The molecule has 0 amide bonds. The second-order valence-corrected chi connectivity index (χ2v) is 6.05. The third-order valence-corrected chi connectivity index (χ3v) is 4.60. The van der Waals surface area contributed by atoms with Crippen LogP contribution in [0.4, 0.5) is 4.39 Å². The Morgan fingerprint density at radius 2 is 2.14 bits per heavy atom. The van der Waals surface area contributed by atoms with Crippen molar-refractivity contribution in [3.05, 3.63) is 29.6 Å². The Kier molecular flexibility index (Phi) is 5.81. The lowest BCUT2D eigenvalue weighted by Crippen LogP contribution is -2.37. The van der Waals surface area contributed by atoms with E-state index in [1.54, 1.807) is 6.92 Å². The highest BCUT2D eigenvalue weighted by Gasteiger charge is 2.29. The van der Waals surface area contributed by atoms with Crippen molar-refractivity contribution in [3.8, 4) is 6.07 Å². The first-order valence-corrected chi connectivity index (χ1v) is 7.58. The molecule has 0 aliphatic heterocycles. The maximum absolute atomic E-state index is 13.6. The highest BCUT2D eigenvalue weighted by Crippen LogP contribution is 2.22. The highest BCUT2D eigenvalue weighted by molar-refractivity contribution is 7.89. The normalized spacial score (nSPS) is 11.2. The van der Waals surface area contributed by atoms with Crippen LogP contribution in [0.2, 0.25) is 0 Å². The second kappa shape index (κ2) is 7.15. The SMILES string of the molecule is CCCN(CC(=O)OC)S(=O)(=O)c1cccc(F)c1C#N. The van der Waals surface area contributed by atoms with E-state index in [4.69, 9.17) is 5.26 Å². The van der Waals surface area contributed by atoms with Gasteiger partial charge in [0.2, 0.25) is 10.0 Å². The molecule has 0 saturated heterocycles. The standard InChI is InChI=1S/C13H15FN2O4S/c1-3-7-16(9-13(17)20-2)21(18,19)12-6-4-5-11(14)10(12)8-15/h4-6H,3,7,9H2,1-2H3. The lowest BCUT2D eigenvalue weighted by atomic mass is 10.2. The van der Waals surface area contributed by atoms with E-state index in [1.165, 1.54) is 12.1 Å². The molecule has 114 valence electrons. The molecule has 21 heavy (non-hydrogen) atoms. The minimum Gasteiger partial charge on any atom is -0.468 e. The van der Waals surface area contributed by atoms with Crippen molar-refractivity contribution in [1.29, 1.82) is 5.26 Å². The van der Waals surface area contributed by atoms with E-state index in [0.717, 1.165) is 23.5 Å². The quantitative estimate of drug-likeness (QED) is 0.738. The summed E-state index contributed by atoms with van der Waals surface area (Å²) in [6, 6.07) is 4.87. The average Bonchev–Trinajstić information content (AvgIpc) is 2.46. The molecule has 0 atom stereocenters. The molecule has 0 aromatic heterocycles. The number of hydrogen-bond donors (Lipinski definition) is 0. The van der Waals surface area contributed by atoms with E-state index in [-0.39, 0.29) is 6.54 Å². The van der Waals surface area contributed by atoms with Crippen molar-refractivity contribution in [2.75, 3.05) is 20.2 Å². The lowest BCUT2D eigenvalue weighted by molar-refractivity contribution is -0.140. The van der Waals surface area contributed by atoms with Crippen molar-refractivity contribution < 1.29 is 22.3 Å². The van der Waals surface area contributed by atoms with Gasteiger partial charge in [-0.2, -0.15) is 9.57 Å². The van der Waals surface area contributed by atoms with E-state index in [2.05, 4.69) is 4.74 Å². The third kappa shape index (κ3) is 3.77. The topological polar surface area (TPSA) is 87.5 Å². The van der Waals surface area contributed by atoms with Crippen LogP contribution in [-0.4, -0.2) is 38.9 Å². The zero-order valence-electron chi connectivity index (χ0n) is 11.7. The Bertz CT molecular complexity index is 667. The predicted molar refractivity (Wildman–Crippen MR) is 72.2 cm³/mol. The summed E-state index contributed by atoms with van der Waals surface area (Å²) < 4.78 is 43.9. The zero-order chi connectivity index (χ0) is 16.0. The molecule has 0 unspecified atom stereocenters. The number of sulfonamides is 1. The van der Waals surface area contributed by atoms with Gasteiger partial charge in [0.1, 0.15) is 28.9 Å². The number of carbonyl (C=O) groups is 1. The van der Waals surface area contributed by atoms with Gasteiger partial charge in [-0.15, -0.1) is 0 Å². The van der Waals surface area contributed by atoms with Crippen LogP contribution in [0.15, 0.2) is 23.1 Å². The van der Waals surface area contributed by atoms with Crippen molar-refractivity contribution in [2.45, 2.75) is 18.2 Å². The molecule has 1 aromatic rings. The molecule has 0 bridgehead atoms. The molecule has 8 heteroatoms. The van der Waals surface area contributed by atoms with Crippen LogP contribution < -0.4 is 0 Å². The van der Waals surface area contributed by atoms with Gasteiger partial charge in [0, 0.05) is 6.54 Å². The third-order valence-electron chi connectivity index (χ3n) is 2.71. The average molecular weight is 314 g/mol. The first kappa shape index (κ1) is 17.1. The van der Waals surface area contributed by atoms with Gasteiger partial charge in [-0.1, -0.05) is 13.0 Å². The summed E-state index contributed by atoms with van der Waals surface area (Å²) >= 11 is 0. The number of methoxy groups -OCH3 is 1. The predicted octanol–water partition coefficient (Wildman–Crippen LogP) is 1.27. The number of benzene rings is 1. The van der Waals surface area contributed by atoms with E-state index in [1.807, 2.05) is 0 Å². The zero-order valence-corrected chi connectivity index (χ0v) is 12.5. The number of hydrogen-bond acceptors (Lipinski definition) is 5. The van der Waals surface area contributed by atoms with Gasteiger partial charge < -0.3 is 4.74 Å². The van der Waals surface area contributed by atoms with Crippen LogP contribution in [0, 0.1) is 17.1 Å². The minimum atomic E-state index is -4.16. The molecule has 0 aliphatic carbocycles. The van der Waals surface area contributed by atoms with Gasteiger partial charge in [-0.3, -0.25) is 4.79 Å². The fraction of sp³-hybridized carbons (Fsp3) is 0.385. The molecule has 0 spiro atoms. The molecule has 0 radical (unpaired) electrons. The van der Waals surface area contributed by atoms with Crippen LogP contribution in [-0.2, 0) is 19.6 Å². The first-order chi connectivity index (χ1) is 9.88. The Labute approximate surface area is 122 Å². The van der Waals surface area contributed by atoms with Crippen molar-refractivity contribution in [3.63, 3.8) is 0 Å². The number of esters is 1. The summed E-state index contributed by atoms with van der Waals surface area (Å²) in [4.78, 5) is 10.9. The Hall–Kier alpha value is -1.98. The second-order valence-electron chi connectivity index (χ2n) is 4.14. The summed E-state index contributed by atoms with van der Waals surface area (Å²) in [5.74, 6) is -1.66. The largest absolute Gasteiger partial charge is 0.468 e. The van der Waals surface area contributed by atoms with Gasteiger partial charge in [0.05, 0.1) is 7.11 Å². The Morgan fingerprint density at radius 3 is 2.67 bits per heavy atom. The lowest BCUT2D eigenvalue weighted by Gasteiger charge is -2.21. The Balaban J connectivity index is 3.33. The fourth-order valence-electron chi connectivity index (χ4n) is 1.71. The monoisotopic (exact) mass is 314 g/mol. The molecule has 0 saturated carbocycles. The molecule has 0 aliphatic rings. The summed E-state index contributed by atoms with van der Waals surface area (Å²) in [7, 11) is -3.02. The van der Waals surface area contributed by atoms with Crippen LogP contribution in [0.1, 0.15) is 18.9 Å². The first-order valence-electron chi connectivity index (χ1n) is 6.14. The fourth-order valence-corrected chi connectivity index (χ4v) is 3.34. The van der Waals surface area contributed by atoms with E-state index in [0.29, 0.717) is 6.42 Å². The van der Waals surface area contributed by atoms with E-state index < -0.39 is 38.8 Å². The van der Waals surface area contributed by atoms with Crippen LogP contribution in [0.5, 0.6) is 0 Å². The number of rotatable bonds is 6. The number of nitrogens with zero attached hydrogens (tertiary/aromatic N) is 2. The van der Waals surface area contributed by atoms with Gasteiger partial charge in [-0.25, -0.2) is 12.8 Å². The molecule has 0 heterocycles. The summed E-state index contributed by atoms with van der Waals surface area (Å²) in [5, 5.41) is 8.94. The van der Waals surface area contributed by atoms with Crippen molar-refractivity contribution in [2.24, 2.45) is 0 Å². The number of ether oxygens (including phenoxy) is 1. The summed E-state index contributed by atoms with van der Waals surface area (Å²) in [6.45, 7) is 1.30. The smallest absolute Gasteiger partial charge is 0.321 e. The van der Waals surface area contributed by atoms with E-state index >= 15 is 0 Å². The molecule has 0 fully saturated rings. The molecular formula is C13H15FN2O4S. The van der Waals surface area contributed by atoms with E-state index in [9.17, 15) is 17.6 Å². The van der Waals surface area contributed by atoms with Crippen LogP contribution in [0.3, 0.4) is 0 Å². The maximum Gasteiger partial charge on any atom is 0.321 e. The maximum atomic E-state index is 13.6. The Morgan fingerprint density at radius 1 is 1.48 bits per heavy atom. The number of halogens is 1. The molecule has 0 N–H and O–H groups in total. The van der Waals surface area contributed by atoms with Crippen LogP contribution >= 0.6 is 0 Å². The molecule has 1 rings (SSSR count). The van der Waals surface area contributed by atoms with Gasteiger partial charge >= 0.3 is 5.97 Å². The van der Waals surface area contributed by atoms with Crippen molar-refractivity contribution in [1.82, 2.24) is 4.31 Å². The van der Waals surface area contributed by atoms with Crippen molar-refractivity contribution >= 4 is 16.0 Å². The van der Waals surface area contributed by atoms with Crippen LogP contribution in [0.25, 0.3) is 0 Å². The van der Waals surface area contributed by atoms with Gasteiger partial charge in [-0.05, 0) is 18.6 Å². The summed E-state index contributed by atoms with van der Waals surface area (Å²) in [5.41, 5.74) is -0.566. The summed E-state index contributed by atoms with van der Waals surface area (Å²) in [6.07, 6.45) is 0.452. The molecular weight excluding hydrogens is 299 g/mol. The number of nitriles is 1. The number of carbonyl (C=O) groups excluding carboxylic acids is 1. The highest BCUT2D eigenvalue weighted by atomic mass is 32.2. The molecule has 1 aromatic carbocycles. The molecule has 6 nitrogen and oxygen atoms in total.